The third kappa shape index (κ3) is 3.96. The summed E-state index contributed by atoms with van der Waals surface area (Å²) in [6.45, 7) is 11.7. The van der Waals surface area contributed by atoms with Gasteiger partial charge in [-0.25, -0.2) is 0 Å². The fourth-order valence-electron chi connectivity index (χ4n) is 3.01. The SMILES string of the molecule is CCC(C)NC1(CO)CCC(C(C)(C)C)CC1. The standard InChI is InChI=1S/C15H31NO/c1-6-12(2)16-15(11-17)9-7-13(8-10-15)14(3,4)5/h12-13,16-17H,6-11H2,1-5H3. The van der Waals surface area contributed by atoms with Crippen molar-refractivity contribution in [2.45, 2.75) is 78.3 Å². The largest absolute Gasteiger partial charge is 0.394 e. The molecule has 2 nitrogen and oxygen atoms in total. The minimum atomic E-state index is -0.00280. The third-order valence-corrected chi connectivity index (χ3v) is 4.64. The molecule has 1 saturated carbocycles. The molecular weight excluding hydrogens is 210 g/mol. The fourth-order valence-corrected chi connectivity index (χ4v) is 3.01. The van der Waals surface area contributed by atoms with Crippen LogP contribution < -0.4 is 5.32 Å². The molecule has 0 spiro atoms. The summed E-state index contributed by atoms with van der Waals surface area (Å²) in [6.07, 6.45) is 5.86. The van der Waals surface area contributed by atoms with Gasteiger partial charge in [0.05, 0.1) is 6.61 Å². The number of hydrogen-bond donors (Lipinski definition) is 2. The molecule has 2 heteroatoms. The van der Waals surface area contributed by atoms with E-state index >= 15 is 0 Å². The Hall–Kier alpha value is -0.0800. The van der Waals surface area contributed by atoms with Crippen molar-refractivity contribution >= 4 is 0 Å². The summed E-state index contributed by atoms with van der Waals surface area (Å²) in [5.74, 6) is 0.806. The van der Waals surface area contributed by atoms with E-state index in [1.165, 1.54) is 12.8 Å². The van der Waals surface area contributed by atoms with Gasteiger partial charge in [-0.05, 0) is 50.4 Å². The van der Waals surface area contributed by atoms with Crippen molar-refractivity contribution < 1.29 is 5.11 Å². The summed E-state index contributed by atoms with van der Waals surface area (Å²) in [7, 11) is 0. The number of aliphatic hydroxyl groups excluding tert-OH is 1. The molecule has 0 heterocycles. The summed E-state index contributed by atoms with van der Waals surface area (Å²) in [5.41, 5.74) is 0.412. The molecule has 0 saturated heterocycles. The lowest BCUT2D eigenvalue weighted by Crippen LogP contribution is -2.54. The van der Waals surface area contributed by atoms with E-state index in [1.807, 2.05) is 0 Å². The number of aliphatic hydroxyl groups is 1. The van der Waals surface area contributed by atoms with E-state index in [0.29, 0.717) is 11.5 Å². The van der Waals surface area contributed by atoms with Gasteiger partial charge in [0.1, 0.15) is 0 Å². The molecule has 0 aromatic carbocycles. The van der Waals surface area contributed by atoms with Gasteiger partial charge in [-0.15, -0.1) is 0 Å². The molecule has 0 aromatic rings. The summed E-state index contributed by atoms with van der Waals surface area (Å²) in [5, 5.41) is 13.4. The van der Waals surface area contributed by atoms with Crippen LogP contribution in [-0.2, 0) is 0 Å². The monoisotopic (exact) mass is 241 g/mol. The first-order valence-electron chi connectivity index (χ1n) is 7.21. The lowest BCUT2D eigenvalue weighted by Gasteiger charge is -2.45. The first-order valence-corrected chi connectivity index (χ1v) is 7.21. The lowest BCUT2D eigenvalue weighted by atomic mass is 9.67. The van der Waals surface area contributed by atoms with Crippen LogP contribution in [0.25, 0.3) is 0 Å². The normalized spacial score (nSPS) is 32.5. The van der Waals surface area contributed by atoms with Crippen LogP contribution in [0.1, 0.15) is 66.7 Å². The molecule has 0 aromatic heterocycles. The lowest BCUT2D eigenvalue weighted by molar-refractivity contribution is 0.0621. The Morgan fingerprint density at radius 1 is 1.29 bits per heavy atom. The van der Waals surface area contributed by atoms with Crippen LogP contribution in [0.3, 0.4) is 0 Å². The highest BCUT2D eigenvalue weighted by molar-refractivity contribution is 4.95. The zero-order chi connectivity index (χ0) is 13.1. The van der Waals surface area contributed by atoms with E-state index in [1.54, 1.807) is 0 Å². The summed E-state index contributed by atoms with van der Waals surface area (Å²) in [4.78, 5) is 0. The summed E-state index contributed by atoms with van der Waals surface area (Å²) >= 11 is 0. The number of nitrogens with one attached hydrogen (secondary N) is 1. The van der Waals surface area contributed by atoms with Crippen LogP contribution in [0.2, 0.25) is 0 Å². The van der Waals surface area contributed by atoms with Gasteiger partial charge in [-0.1, -0.05) is 27.7 Å². The maximum atomic E-state index is 9.71. The van der Waals surface area contributed by atoms with Crippen LogP contribution in [0, 0.1) is 11.3 Å². The van der Waals surface area contributed by atoms with E-state index < -0.39 is 0 Å². The maximum Gasteiger partial charge on any atom is 0.0613 e. The van der Waals surface area contributed by atoms with Crippen LogP contribution in [0.15, 0.2) is 0 Å². The molecule has 0 bridgehead atoms. The predicted octanol–water partition coefficient (Wildman–Crippen LogP) is 3.34. The van der Waals surface area contributed by atoms with Gasteiger partial charge in [-0.2, -0.15) is 0 Å². The van der Waals surface area contributed by atoms with Crippen molar-refractivity contribution in [3.05, 3.63) is 0 Å². The van der Waals surface area contributed by atoms with Gasteiger partial charge in [0, 0.05) is 11.6 Å². The molecule has 102 valence electrons. The Balaban J connectivity index is 2.57. The van der Waals surface area contributed by atoms with Gasteiger partial charge < -0.3 is 10.4 Å². The molecule has 17 heavy (non-hydrogen) atoms. The number of hydrogen-bond acceptors (Lipinski definition) is 2. The van der Waals surface area contributed by atoms with E-state index in [-0.39, 0.29) is 12.1 Å². The Kier molecular flexibility index (Phi) is 5.03. The Bertz CT molecular complexity index is 224. The Morgan fingerprint density at radius 2 is 1.82 bits per heavy atom. The second kappa shape index (κ2) is 5.71. The molecule has 1 rings (SSSR count). The van der Waals surface area contributed by atoms with Crippen LogP contribution in [0.5, 0.6) is 0 Å². The zero-order valence-corrected chi connectivity index (χ0v) is 12.3. The maximum absolute atomic E-state index is 9.71. The van der Waals surface area contributed by atoms with Crippen molar-refractivity contribution in [3.63, 3.8) is 0 Å². The molecule has 1 fully saturated rings. The average Bonchev–Trinajstić information content (AvgIpc) is 2.28. The molecule has 0 aliphatic heterocycles. The van der Waals surface area contributed by atoms with Crippen LogP contribution >= 0.6 is 0 Å². The van der Waals surface area contributed by atoms with Gasteiger partial charge in [0.15, 0.2) is 0 Å². The average molecular weight is 241 g/mol. The topological polar surface area (TPSA) is 32.3 Å². The summed E-state index contributed by atoms with van der Waals surface area (Å²) < 4.78 is 0. The second-order valence-electron chi connectivity index (χ2n) is 7.03. The van der Waals surface area contributed by atoms with Crippen LogP contribution in [0.4, 0.5) is 0 Å². The van der Waals surface area contributed by atoms with Crippen molar-refractivity contribution in [2.24, 2.45) is 11.3 Å². The van der Waals surface area contributed by atoms with Gasteiger partial charge in [0.2, 0.25) is 0 Å². The molecule has 1 unspecified atom stereocenters. The third-order valence-electron chi connectivity index (χ3n) is 4.64. The first-order chi connectivity index (χ1) is 7.83. The molecule has 1 aliphatic carbocycles. The van der Waals surface area contributed by atoms with Crippen molar-refractivity contribution in [2.75, 3.05) is 6.61 Å². The second-order valence-corrected chi connectivity index (χ2v) is 7.03. The highest BCUT2D eigenvalue weighted by Crippen LogP contribution is 2.41. The Labute approximate surface area is 107 Å². The van der Waals surface area contributed by atoms with Crippen molar-refractivity contribution in [1.29, 1.82) is 0 Å². The summed E-state index contributed by atoms with van der Waals surface area (Å²) in [6, 6.07) is 0.508. The molecular formula is C15H31NO. The molecule has 1 aliphatic rings. The van der Waals surface area contributed by atoms with Crippen LogP contribution in [-0.4, -0.2) is 23.3 Å². The quantitative estimate of drug-likeness (QED) is 0.791. The predicted molar refractivity (Wildman–Crippen MR) is 74.1 cm³/mol. The van der Waals surface area contributed by atoms with Crippen molar-refractivity contribution in [3.8, 4) is 0 Å². The van der Waals surface area contributed by atoms with E-state index in [9.17, 15) is 5.11 Å². The number of rotatable bonds is 4. The zero-order valence-electron chi connectivity index (χ0n) is 12.3. The first kappa shape index (κ1) is 15.0. The minimum absolute atomic E-state index is 0.00280. The fraction of sp³-hybridized carbons (Fsp3) is 1.00. The highest BCUT2D eigenvalue weighted by Gasteiger charge is 2.38. The van der Waals surface area contributed by atoms with Gasteiger partial charge in [0.25, 0.3) is 0 Å². The van der Waals surface area contributed by atoms with E-state index in [0.717, 1.165) is 25.2 Å². The molecule has 0 amide bonds. The molecule has 0 radical (unpaired) electrons. The van der Waals surface area contributed by atoms with Gasteiger partial charge >= 0.3 is 0 Å². The van der Waals surface area contributed by atoms with Gasteiger partial charge in [-0.3, -0.25) is 0 Å². The molecule has 1 atom stereocenters. The smallest absolute Gasteiger partial charge is 0.0613 e. The molecule has 2 N–H and O–H groups in total. The van der Waals surface area contributed by atoms with Crippen molar-refractivity contribution in [1.82, 2.24) is 5.32 Å². The van der Waals surface area contributed by atoms with E-state index in [2.05, 4.69) is 39.9 Å². The Morgan fingerprint density at radius 3 is 2.18 bits per heavy atom. The van der Waals surface area contributed by atoms with E-state index in [4.69, 9.17) is 0 Å². The minimum Gasteiger partial charge on any atom is -0.394 e. The highest BCUT2D eigenvalue weighted by atomic mass is 16.3.